The first kappa shape index (κ1) is 15.7. The molecule has 0 saturated carbocycles. The molecule has 0 aromatic heterocycles. The van der Waals surface area contributed by atoms with E-state index < -0.39 is 7.54 Å². The normalized spacial score (nSPS) is 10.3. The van der Waals surface area contributed by atoms with Gasteiger partial charge in [-0.05, 0) is 0 Å². The van der Waals surface area contributed by atoms with Crippen molar-refractivity contribution in [3.05, 3.63) is 35.9 Å². The van der Waals surface area contributed by atoms with Crippen molar-refractivity contribution < 1.29 is 12.9 Å². The van der Waals surface area contributed by atoms with Crippen LogP contribution in [0, 0.1) is 0 Å². The van der Waals surface area contributed by atoms with Gasteiger partial charge in [-0.25, -0.2) is 0 Å². The summed E-state index contributed by atoms with van der Waals surface area (Å²) in [6.07, 6.45) is 1.24. The van der Waals surface area contributed by atoms with Gasteiger partial charge in [-0.2, -0.15) is 0 Å². The van der Waals surface area contributed by atoms with E-state index in [2.05, 4.69) is 44.2 Å². The molecular weight excluding hydrogens is 227 g/mol. The zero-order chi connectivity index (χ0) is 11.9. The van der Waals surface area contributed by atoms with Gasteiger partial charge in [-0.1, -0.05) is 0 Å². The van der Waals surface area contributed by atoms with Gasteiger partial charge in [0.15, 0.2) is 0 Å². The van der Waals surface area contributed by atoms with E-state index in [1.54, 1.807) is 0 Å². The molecule has 0 heterocycles. The summed E-state index contributed by atoms with van der Waals surface area (Å²) in [5.41, 5.74) is 1.48. The Labute approximate surface area is 123 Å². The number of hydrogen-bond donors (Lipinski definition) is 0. The Hall–Kier alpha value is 0.711. The zero-order valence-corrected chi connectivity index (χ0v) is 12.4. The van der Waals surface area contributed by atoms with Gasteiger partial charge in [0, 0.05) is 0 Å². The van der Waals surface area contributed by atoms with Crippen LogP contribution in [0.25, 0.3) is 0 Å². The van der Waals surface area contributed by atoms with Gasteiger partial charge in [0.2, 0.25) is 0 Å². The van der Waals surface area contributed by atoms with Crippen molar-refractivity contribution in [2.75, 3.05) is 0 Å². The molecule has 1 aromatic carbocycles. The Morgan fingerprint density at radius 3 is 1.87 bits per heavy atom. The molecular formula is C10H13BF3K. The van der Waals surface area contributed by atoms with E-state index in [1.807, 2.05) is 0 Å². The third-order valence-electron chi connectivity index (χ3n) is 1.58. The summed E-state index contributed by atoms with van der Waals surface area (Å²) in [7, 11) is -3.67. The number of benzene rings is 1. The number of rotatable bonds is 2. The van der Waals surface area contributed by atoms with Crippen LogP contribution in [0.15, 0.2) is 30.3 Å². The van der Waals surface area contributed by atoms with Gasteiger partial charge in [-0.3, -0.25) is 12.9 Å². The van der Waals surface area contributed by atoms with E-state index in [0.29, 0.717) is -0.490 Å². The van der Waals surface area contributed by atoms with Gasteiger partial charge in [-0.15, -0.1) is 0 Å². The molecule has 0 atom stereocenters. The molecule has 0 nitrogen and oxygen atoms in total. The standard InChI is InChI=1S/C10H13.BF3.K/c1-9(2)8-10-6-4-3-5-7-10;2-1(3)4;/h3-7H,8H2,1-2H3;;. The minimum Gasteiger partial charge on any atom is -0.254 e. The summed E-state index contributed by atoms with van der Waals surface area (Å²) in [6, 6.07) is 10.7. The Morgan fingerprint density at radius 1 is 1.13 bits per heavy atom. The first-order chi connectivity index (χ1) is 6.81. The molecule has 0 N–H and O–H groups in total. The fourth-order valence-electron chi connectivity index (χ4n) is 1.21. The van der Waals surface area contributed by atoms with Gasteiger partial charge in [0.1, 0.15) is 0 Å². The van der Waals surface area contributed by atoms with Crippen LogP contribution >= 0.6 is 0 Å². The van der Waals surface area contributed by atoms with Crippen molar-refractivity contribution in [3.63, 3.8) is 0 Å². The van der Waals surface area contributed by atoms with Crippen LogP contribution in [0.2, 0.25) is -0.490 Å². The SMILES string of the molecule is C[C](C)([K])Cc1ccccc1.FB(F)F. The summed E-state index contributed by atoms with van der Waals surface area (Å²) >= 11 is 0.913. The van der Waals surface area contributed by atoms with E-state index in [9.17, 15) is 12.9 Å². The first-order valence-corrected chi connectivity index (χ1v) is 6.33. The quantitative estimate of drug-likeness (QED) is 0.694. The molecule has 1 aromatic rings. The van der Waals surface area contributed by atoms with E-state index in [4.69, 9.17) is 0 Å². The molecule has 0 aliphatic heterocycles. The first-order valence-electron chi connectivity index (χ1n) is 4.77. The molecule has 0 saturated heterocycles. The summed E-state index contributed by atoms with van der Waals surface area (Å²) in [4.78, 5) is 0. The number of halogens is 3. The van der Waals surface area contributed by atoms with Crippen LogP contribution in [0.1, 0.15) is 19.4 Å². The van der Waals surface area contributed by atoms with Crippen molar-refractivity contribution in [2.45, 2.75) is 19.8 Å². The maximum absolute atomic E-state index is 9.67. The van der Waals surface area contributed by atoms with E-state index in [1.165, 1.54) is 12.0 Å². The smallest absolute Gasteiger partial charge is 0.254 e. The van der Waals surface area contributed by atoms with Crippen LogP contribution in [-0.4, -0.2) is 56.5 Å². The second-order valence-corrected chi connectivity index (χ2v) is 8.70. The third-order valence-corrected chi connectivity index (χ3v) is 2.13. The van der Waals surface area contributed by atoms with Crippen molar-refractivity contribution in [1.82, 2.24) is 0 Å². The maximum atomic E-state index is 9.67. The Kier molecular flexibility index (Phi) is 8.27. The topological polar surface area (TPSA) is 0 Å². The predicted octanol–water partition coefficient (Wildman–Crippen LogP) is 3.48. The van der Waals surface area contributed by atoms with Gasteiger partial charge >= 0.3 is 112 Å². The van der Waals surface area contributed by atoms with Crippen LogP contribution < -0.4 is 0 Å². The molecule has 0 amide bonds. The maximum Gasteiger partial charge on any atom is 0.762 e. The molecule has 0 spiro atoms. The predicted molar refractivity (Wildman–Crippen MR) is 59.0 cm³/mol. The third kappa shape index (κ3) is 12.6. The second-order valence-electron chi connectivity index (χ2n) is 4.47. The second kappa shape index (κ2) is 7.90. The molecule has 0 aliphatic carbocycles. The van der Waals surface area contributed by atoms with Crippen molar-refractivity contribution in [1.29, 1.82) is 0 Å². The van der Waals surface area contributed by atoms with Gasteiger partial charge in [0.25, 0.3) is 0 Å². The summed E-state index contributed by atoms with van der Waals surface area (Å²) in [6.45, 7) is 4.69. The summed E-state index contributed by atoms with van der Waals surface area (Å²) in [5.74, 6) is 0. The molecule has 0 fully saturated rings. The minimum atomic E-state index is -3.67. The van der Waals surface area contributed by atoms with Crippen molar-refractivity contribution in [2.24, 2.45) is 0 Å². The van der Waals surface area contributed by atoms with Crippen LogP contribution in [-0.2, 0) is 6.42 Å². The molecule has 5 heteroatoms. The van der Waals surface area contributed by atoms with Crippen LogP contribution in [0.4, 0.5) is 12.9 Å². The minimum absolute atomic E-state index is 0.592. The average Bonchev–Trinajstić information content (AvgIpc) is 2.01. The monoisotopic (exact) mass is 240 g/mol. The van der Waals surface area contributed by atoms with E-state index in [-0.39, 0.29) is 0 Å². The number of hydrogen-bond acceptors (Lipinski definition) is 0. The summed E-state index contributed by atoms with van der Waals surface area (Å²) < 4.78 is 29.6. The Morgan fingerprint density at radius 2 is 1.53 bits per heavy atom. The van der Waals surface area contributed by atoms with E-state index in [0.717, 1.165) is 49.0 Å². The fraction of sp³-hybridized carbons (Fsp3) is 0.400. The molecule has 0 radical (unpaired) electrons. The van der Waals surface area contributed by atoms with Gasteiger partial charge < -0.3 is 0 Å². The molecule has 0 aliphatic rings. The molecule has 1 rings (SSSR count). The molecule has 0 unspecified atom stereocenters. The molecule has 78 valence electrons. The summed E-state index contributed by atoms with van der Waals surface area (Å²) in [5, 5.41) is 0. The Balaban J connectivity index is 0.000000423. The fourth-order valence-corrected chi connectivity index (χ4v) is 1.85. The molecule has 15 heavy (non-hydrogen) atoms. The van der Waals surface area contributed by atoms with Crippen LogP contribution in [0.3, 0.4) is 0 Å². The largest absolute Gasteiger partial charge is 0.762 e. The van der Waals surface area contributed by atoms with Crippen molar-refractivity contribution in [3.8, 4) is 0 Å². The molecule has 0 bridgehead atoms. The zero-order valence-electron chi connectivity index (χ0n) is 9.31. The van der Waals surface area contributed by atoms with Crippen LogP contribution in [0.5, 0.6) is 0 Å². The Bertz CT molecular complexity index is 256. The average molecular weight is 240 g/mol. The van der Waals surface area contributed by atoms with Gasteiger partial charge in [0.05, 0.1) is 0 Å². The van der Waals surface area contributed by atoms with E-state index >= 15 is 0 Å². The van der Waals surface area contributed by atoms with Crippen molar-refractivity contribution >= 4 is 56.5 Å².